The van der Waals surface area contributed by atoms with Crippen LogP contribution in [0.5, 0.6) is 11.5 Å². The second-order valence-electron chi connectivity index (χ2n) is 7.30. The van der Waals surface area contributed by atoms with Crippen molar-refractivity contribution in [2.75, 3.05) is 58.1 Å². The van der Waals surface area contributed by atoms with Crippen LogP contribution in [0.25, 0.3) is 0 Å². The summed E-state index contributed by atoms with van der Waals surface area (Å²) in [6.45, 7) is 4.21. The van der Waals surface area contributed by atoms with Crippen molar-refractivity contribution in [2.45, 2.75) is 19.4 Å². The fourth-order valence-electron chi connectivity index (χ4n) is 3.72. The minimum absolute atomic E-state index is 0.00540. The van der Waals surface area contributed by atoms with Crippen molar-refractivity contribution in [3.63, 3.8) is 0 Å². The predicted molar refractivity (Wildman–Crippen MR) is 110 cm³/mol. The molecule has 2 saturated heterocycles. The number of carbonyl (C=O) groups is 2. The van der Waals surface area contributed by atoms with Gasteiger partial charge in [-0.2, -0.15) is 0 Å². The molecule has 2 heterocycles. The van der Waals surface area contributed by atoms with Crippen molar-refractivity contribution >= 4 is 21.7 Å². The fourth-order valence-corrected chi connectivity index (χ4v) is 5.45. The summed E-state index contributed by atoms with van der Waals surface area (Å²) < 4.78 is 39.8. The largest absolute Gasteiger partial charge is 0.493 e. The van der Waals surface area contributed by atoms with E-state index in [1.54, 1.807) is 28.0 Å². The average Bonchev–Trinajstić information content (AvgIpc) is 3.12. The van der Waals surface area contributed by atoms with Crippen LogP contribution < -0.4 is 9.47 Å². The Morgan fingerprint density at radius 1 is 1.23 bits per heavy atom. The summed E-state index contributed by atoms with van der Waals surface area (Å²) in [6, 6.07) is 4.44. The lowest BCUT2D eigenvalue weighted by molar-refractivity contribution is -0.137. The molecule has 2 amide bonds. The molecular weight excluding hydrogens is 412 g/mol. The number of sulfone groups is 1. The summed E-state index contributed by atoms with van der Waals surface area (Å²) in [5, 5.41) is 0. The fraction of sp³-hybridized carbons (Fsp3) is 0.600. The zero-order valence-electron chi connectivity index (χ0n) is 17.3. The molecule has 0 aromatic heterocycles. The molecule has 2 fully saturated rings. The molecule has 0 spiro atoms. The number of benzene rings is 1. The van der Waals surface area contributed by atoms with Crippen LogP contribution in [0.3, 0.4) is 0 Å². The standard InChI is InChI=1S/C20H28N2O7S/c1-3-22(16-6-11-30(25,26)14-16)20(24)15-4-5-17(18(12-15)27-2)29-13-19(23)21-7-9-28-10-8-21/h4-5,12,16H,3,6-11,13-14H2,1-2H3. The van der Waals surface area contributed by atoms with Crippen LogP contribution in [0.15, 0.2) is 18.2 Å². The Morgan fingerprint density at radius 3 is 2.57 bits per heavy atom. The van der Waals surface area contributed by atoms with Gasteiger partial charge in [0.25, 0.3) is 11.8 Å². The summed E-state index contributed by atoms with van der Waals surface area (Å²) in [6.07, 6.45) is 0.448. The van der Waals surface area contributed by atoms with Crippen LogP contribution in [0.2, 0.25) is 0 Å². The molecule has 9 nitrogen and oxygen atoms in total. The number of hydrogen-bond donors (Lipinski definition) is 0. The lowest BCUT2D eigenvalue weighted by Gasteiger charge is -2.27. The van der Waals surface area contributed by atoms with Gasteiger partial charge in [-0.25, -0.2) is 8.42 Å². The van der Waals surface area contributed by atoms with Gasteiger partial charge in [-0.3, -0.25) is 9.59 Å². The molecule has 0 saturated carbocycles. The zero-order valence-corrected chi connectivity index (χ0v) is 18.2. The molecule has 30 heavy (non-hydrogen) atoms. The van der Waals surface area contributed by atoms with Crippen molar-refractivity contribution in [3.8, 4) is 11.5 Å². The Hall–Kier alpha value is -2.33. The highest BCUT2D eigenvalue weighted by molar-refractivity contribution is 7.91. The maximum Gasteiger partial charge on any atom is 0.260 e. The minimum atomic E-state index is -3.09. The lowest BCUT2D eigenvalue weighted by Crippen LogP contribution is -2.43. The van der Waals surface area contributed by atoms with E-state index in [-0.39, 0.29) is 36.0 Å². The number of carbonyl (C=O) groups excluding carboxylic acids is 2. The van der Waals surface area contributed by atoms with E-state index in [2.05, 4.69) is 0 Å². The number of amides is 2. The Bertz CT molecular complexity index is 881. The topological polar surface area (TPSA) is 102 Å². The van der Waals surface area contributed by atoms with E-state index in [0.29, 0.717) is 56.3 Å². The van der Waals surface area contributed by atoms with Crippen LogP contribution >= 0.6 is 0 Å². The number of nitrogens with zero attached hydrogens (tertiary/aromatic N) is 2. The first-order chi connectivity index (χ1) is 14.3. The number of morpholine rings is 1. The number of methoxy groups -OCH3 is 1. The molecule has 1 aromatic rings. The number of ether oxygens (including phenoxy) is 3. The van der Waals surface area contributed by atoms with Crippen LogP contribution in [-0.2, 0) is 19.4 Å². The summed E-state index contributed by atoms with van der Waals surface area (Å²) in [4.78, 5) is 28.5. The molecule has 10 heteroatoms. The summed E-state index contributed by atoms with van der Waals surface area (Å²) >= 11 is 0. The van der Waals surface area contributed by atoms with E-state index in [0.717, 1.165) is 0 Å². The number of rotatable bonds is 7. The normalized spacial score (nSPS) is 20.6. The molecule has 166 valence electrons. The number of hydrogen-bond acceptors (Lipinski definition) is 7. The van der Waals surface area contributed by atoms with Crippen LogP contribution in [0.1, 0.15) is 23.7 Å². The highest BCUT2D eigenvalue weighted by Gasteiger charge is 2.34. The average molecular weight is 441 g/mol. The molecule has 1 unspecified atom stereocenters. The highest BCUT2D eigenvalue weighted by atomic mass is 32.2. The monoisotopic (exact) mass is 440 g/mol. The maximum absolute atomic E-state index is 13.0. The Kier molecular flexibility index (Phi) is 7.19. The molecule has 2 aliphatic rings. The van der Waals surface area contributed by atoms with Gasteiger partial charge < -0.3 is 24.0 Å². The van der Waals surface area contributed by atoms with Gasteiger partial charge in [-0.05, 0) is 31.5 Å². The smallest absolute Gasteiger partial charge is 0.260 e. The van der Waals surface area contributed by atoms with Gasteiger partial charge in [0.1, 0.15) is 0 Å². The SMILES string of the molecule is CCN(C(=O)c1ccc(OCC(=O)N2CCOCC2)c(OC)c1)C1CCS(=O)(=O)C1. The van der Waals surface area contributed by atoms with Crippen molar-refractivity contribution in [1.29, 1.82) is 0 Å². The van der Waals surface area contributed by atoms with Crippen molar-refractivity contribution in [1.82, 2.24) is 9.80 Å². The second-order valence-corrected chi connectivity index (χ2v) is 9.52. The molecule has 0 N–H and O–H groups in total. The van der Waals surface area contributed by atoms with E-state index >= 15 is 0 Å². The molecule has 0 aliphatic carbocycles. The van der Waals surface area contributed by atoms with E-state index < -0.39 is 9.84 Å². The van der Waals surface area contributed by atoms with E-state index in [4.69, 9.17) is 14.2 Å². The molecule has 1 atom stereocenters. The van der Waals surface area contributed by atoms with Gasteiger partial charge in [0.15, 0.2) is 27.9 Å². The summed E-state index contributed by atoms with van der Waals surface area (Å²) in [7, 11) is -1.63. The van der Waals surface area contributed by atoms with E-state index in [1.807, 2.05) is 6.92 Å². The third-order valence-corrected chi connectivity index (χ3v) is 7.13. The lowest BCUT2D eigenvalue weighted by atomic mass is 10.1. The minimum Gasteiger partial charge on any atom is -0.493 e. The predicted octanol–water partition coefficient (Wildman–Crippen LogP) is 0.582. The molecular formula is C20H28N2O7S. The van der Waals surface area contributed by atoms with E-state index in [9.17, 15) is 18.0 Å². The van der Waals surface area contributed by atoms with Gasteiger partial charge in [0, 0.05) is 31.2 Å². The first-order valence-corrected chi connectivity index (χ1v) is 11.8. The van der Waals surface area contributed by atoms with Gasteiger partial charge in [0.2, 0.25) is 0 Å². The van der Waals surface area contributed by atoms with Crippen LogP contribution in [-0.4, -0.2) is 94.1 Å². The van der Waals surface area contributed by atoms with Crippen LogP contribution in [0.4, 0.5) is 0 Å². The van der Waals surface area contributed by atoms with Gasteiger partial charge >= 0.3 is 0 Å². The zero-order chi connectivity index (χ0) is 21.7. The third kappa shape index (κ3) is 5.23. The van der Waals surface area contributed by atoms with Gasteiger partial charge in [-0.1, -0.05) is 0 Å². The van der Waals surface area contributed by atoms with Gasteiger partial charge in [-0.15, -0.1) is 0 Å². The molecule has 3 rings (SSSR count). The Labute approximate surface area is 176 Å². The molecule has 1 aromatic carbocycles. The quantitative estimate of drug-likeness (QED) is 0.611. The van der Waals surface area contributed by atoms with Gasteiger partial charge in [0.05, 0.1) is 31.8 Å². The summed E-state index contributed by atoms with van der Waals surface area (Å²) in [5.74, 6) is 0.408. The highest BCUT2D eigenvalue weighted by Crippen LogP contribution is 2.29. The molecule has 2 aliphatic heterocycles. The summed E-state index contributed by atoms with van der Waals surface area (Å²) in [5.41, 5.74) is 0.379. The van der Waals surface area contributed by atoms with Crippen molar-refractivity contribution < 1.29 is 32.2 Å². The van der Waals surface area contributed by atoms with E-state index in [1.165, 1.54) is 7.11 Å². The Balaban J connectivity index is 1.68. The van der Waals surface area contributed by atoms with Crippen molar-refractivity contribution in [2.24, 2.45) is 0 Å². The molecule has 0 radical (unpaired) electrons. The second kappa shape index (κ2) is 9.65. The first-order valence-electron chi connectivity index (χ1n) is 10.0. The first kappa shape index (κ1) is 22.4. The molecule has 0 bridgehead atoms. The van der Waals surface area contributed by atoms with Crippen molar-refractivity contribution in [3.05, 3.63) is 23.8 Å². The maximum atomic E-state index is 13.0. The third-order valence-electron chi connectivity index (χ3n) is 5.38. The van der Waals surface area contributed by atoms with Crippen LogP contribution in [0, 0.1) is 0 Å². The Morgan fingerprint density at radius 2 is 1.97 bits per heavy atom.